The van der Waals surface area contributed by atoms with Crippen molar-refractivity contribution in [2.75, 3.05) is 13.1 Å². The van der Waals surface area contributed by atoms with Crippen LogP contribution in [-0.4, -0.2) is 38.2 Å². The second kappa shape index (κ2) is 6.20. The van der Waals surface area contributed by atoms with Crippen LogP contribution in [0.25, 0.3) is 5.69 Å². The zero-order valence-corrected chi connectivity index (χ0v) is 12.9. The fourth-order valence-corrected chi connectivity index (χ4v) is 2.69. The Hall–Kier alpha value is -2.70. The van der Waals surface area contributed by atoms with Crippen LogP contribution in [0.5, 0.6) is 0 Å². The third-order valence-corrected chi connectivity index (χ3v) is 4.02. The Balaban J connectivity index is 2.11. The molecule has 1 fully saturated rings. The lowest BCUT2D eigenvalue weighted by molar-refractivity contribution is 0.0713. The zero-order valence-electron chi connectivity index (χ0n) is 12.9. The molecule has 2 aromatic rings. The molecule has 23 heavy (non-hydrogen) atoms. The summed E-state index contributed by atoms with van der Waals surface area (Å²) in [7, 11) is 1.36. The van der Waals surface area contributed by atoms with E-state index in [1.807, 2.05) is 6.07 Å². The van der Waals surface area contributed by atoms with Crippen LogP contribution in [0.2, 0.25) is 0 Å². The van der Waals surface area contributed by atoms with Crippen LogP contribution in [0.15, 0.2) is 39.9 Å². The molecule has 1 aromatic carbocycles. The predicted octanol–water partition coefficient (Wildman–Crippen LogP) is 0.557. The van der Waals surface area contributed by atoms with Crippen LogP contribution in [-0.2, 0) is 7.05 Å². The van der Waals surface area contributed by atoms with Crippen molar-refractivity contribution < 1.29 is 4.79 Å². The molecule has 0 saturated carbocycles. The van der Waals surface area contributed by atoms with Gasteiger partial charge in [-0.15, -0.1) is 0 Å². The SMILES string of the molecule is Cn1c(=O)c(C(=O)N2CCCCC2)nn(-c2ccccc2)c1=O. The van der Waals surface area contributed by atoms with Gasteiger partial charge in [0.2, 0.25) is 5.69 Å². The van der Waals surface area contributed by atoms with Crippen molar-refractivity contribution >= 4 is 5.91 Å². The maximum absolute atomic E-state index is 12.6. The van der Waals surface area contributed by atoms with E-state index in [4.69, 9.17) is 0 Å². The summed E-state index contributed by atoms with van der Waals surface area (Å²) in [5.74, 6) is -0.407. The first-order chi connectivity index (χ1) is 11.1. The number of carbonyl (C=O) groups excluding carboxylic acids is 1. The van der Waals surface area contributed by atoms with Crippen molar-refractivity contribution in [3.8, 4) is 5.69 Å². The summed E-state index contributed by atoms with van der Waals surface area (Å²) in [6.45, 7) is 1.24. The van der Waals surface area contributed by atoms with Gasteiger partial charge < -0.3 is 4.90 Å². The van der Waals surface area contributed by atoms with E-state index in [-0.39, 0.29) is 5.69 Å². The third kappa shape index (κ3) is 2.81. The van der Waals surface area contributed by atoms with Crippen LogP contribution in [0.4, 0.5) is 0 Å². The fraction of sp³-hybridized carbons (Fsp3) is 0.375. The van der Waals surface area contributed by atoms with E-state index in [2.05, 4.69) is 5.10 Å². The fourth-order valence-electron chi connectivity index (χ4n) is 2.69. The summed E-state index contributed by atoms with van der Waals surface area (Å²) in [5.41, 5.74) is -0.923. The van der Waals surface area contributed by atoms with Gasteiger partial charge in [0.05, 0.1) is 5.69 Å². The monoisotopic (exact) mass is 314 g/mol. The molecule has 0 aliphatic carbocycles. The molecule has 0 N–H and O–H groups in total. The van der Waals surface area contributed by atoms with Gasteiger partial charge in [-0.2, -0.15) is 9.78 Å². The van der Waals surface area contributed by atoms with Gasteiger partial charge in [-0.25, -0.2) is 4.79 Å². The molecule has 1 amide bonds. The van der Waals surface area contributed by atoms with Crippen LogP contribution < -0.4 is 11.2 Å². The number of likely N-dealkylation sites (tertiary alicyclic amines) is 1. The van der Waals surface area contributed by atoms with Crippen LogP contribution in [0.3, 0.4) is 0 Å². The normalized spacial score (nSPS) is 14.7. The summed E-state index contributed by atoms with van der Waals surface area (Å²) in [4.78, 5) is 38.8. The van der Waals surface area contributed by atoms with E-state index in [9.17, 15) is 14.4 Å². The predicted molar refractivity (Wildman–Crippen MR) is 84.8 cm³/mol. The molecule has 0 bridgehead atoms. The topological polar surface area (TPSA) is 77.2 Å². The number of rotatable bonds is 2. The molecule has 3 rings (SSSR count). The van der Waals surface area contributed by atoms with Crippen molar-refractivity contribution in [2.24, 2.45) is 7.05 Å². The number of nitrogens with zero attached hydrogens (tertiary/aromatic N) is 4. The molecule has 1 saturated heterocycles. The quantitative estimate of drug-likeness (QED) is 0.811. The molecule has 0 radical (unpaired) electrons. The Morgan fingerprint density at radius 1 is 1.04 bits per heavy atom. The van der Waals surface area contributed by atoms with Gasteiger partial charge in [0.1, 0.15) is 0 Å². The lowest BCUT2D eigenvalue weighted by atomic mass is 10.1. The molecule has 1 aromatic heterocycles. The van der Waals surface area contributed by atoms with E-state index < -0.39 is 17.2 Å². The number of para-hydroxylation sites is 1. The van der Waals surface area contributed by atoms with E-state index in [1.54, 1.807) is 29.2 Å². The second-order valence-electron chi connectivity index (χ2n) is 5.60. The molecule has 1 aliphatic rings. The van der Waals surface area contributed by atoms with E-state index >= 15 is 0 Å². The highest BCUT2D eigenvalue weighted by molar-refractivity contribution is 5.91. The average molecular weight is 314 g/mol. The Morgan fingerprint density at radius 2 is 1.70 bits per heavy atom. The number of piperidine rings is 1. The van der Waals surface area contributed by atoms with Gasteiger partial charge in [-0.3, -0.25) is 14.2 Å². The minimum atomic E-state index is -0.655. The number of aromatic nitrogens is 3. The Bertz CT molecular complexity index is 833. The summed E-state index contributed by atoms with van der Waals surface area (Å²) in [5, 5.41) is 4.06. The second-order valence-corrected chi connectivity index (χ2v) is 5.60. The highest BCUT2D eigenvalue weighted by Crippen LogP contribution is 2.10. The molecular formula is C16H18N4O3. The van der Waals surface area contributed by atoms with Crippen molar-refractivity contribution in [2.45, 2.75) is 19.3 Å². The highest BCUT2D eigenvalue weighted by Gasteiger charge is 2.24. The first-order valence-corrected chi connectivity index (χ1v) is 7.64. The molecule has 0 unspecified atom stereocenters. The van der Waals surface area contributed by atoms with E-state index in [1.165, 1.54) is 7.05 Å². The molecule has 0 spiro atoms. The Morgan fingerprint density at radius 3 is 2.35 bits per heavy atom. The van der Waals surface area contributed by atoms with E-state index in [0.29, 0.717) is 18.8 Å². The molecule has 1 aliphatic heterocycles. The van der Waals surface area contributed by atoms with Gasteiger partial charge in [-0.1, -0.05) is 18.2 Å². The maximum Gasteiger partial charge on any atom is 0.351 e. The molecule has 7 nitrogen and oxygen atoms in total. The maximum atomic E-state index is 12.6. The first kappa shape index (κ1) is 15.2. The lowest BCUT2D eigenvalue weighted by Crippen LogP contribution is -2.46. The average Bonchev–Trinajstić information content (AvgIpc) is 2.61. The van der Waals surface area contributed by atoms with Crippen LogP contribution in [0.1, 0.15) is 29.8 Å². The van der Waals surface area contributed by atoms with E-state index in [0.717, 1.165) is 28.5 Å². The van der Waals surface area contributed by atoms with Crippen molar-refractivity contribution in [3.63, 3.8) is 0 Å². The number of benzene rings is 1. The molecule has 120 valence electrons. The minimum absolute atomic E-state index is 0.210. The van der Waals surface area contributed by atoms with Gasteiger partial charge >= 0.3 is 5.69 Å². The van der Waals surface area contributed by atoms with Gasteiger partial charge in [0, 0.05) is 20.1 Å². The van der Waals surface area contributed by atoms with Crippen molar-refractivity contribution in [3.05, 3.63) is 56.9 Å². The first-order valence-electron chi connectivity index (χ1n) is 7.64. The van der Waals surface area contributed by atoms with Crippen molar-refractivity contribution in [1.82, 2.24) is 19.2 Å². The summed E-state index contributed by atoms with van der Waals surface area (Å²) in [6.07, 6.45) is 2.92. The van der Waals surface area contributed by atoms with Crippen LogP contribution in [0, 0.1) is 0 Å². The number of carbonyl (C=O) groups is 1. The lowest BCUT2D eigenvalue weighted by Gasteiger charge is -2.26. The highest BCUT2D eigenvalue weighted by atomic mass is 16.2. The van der Waals surface area contributed by atoms with Crippen LogP contribution >= 0.6 is 0 Å². The minimum Gasteiger partial charge on any atom is -0.337 e. The smallest absolute Gasteiger partial charge is 0.337 e. The van der Waals surface area contributed by atoms with Gasteiger partial charge in [-0.05, 0) is 31.4 Å². The molecule has 7 heteroatoms. The number of hydrogen-bond donors (Lipinski definition) is 0. The van der Waals surface area contributed by atoms with Gasteiger partial charge in [0.25, 0.3) is 11.5 Å². The summed E-state index contributed by atoms with van der Waals surface area (Å²) in [6, 6.07) is 8.75. The summed E-state index contributed by atoms with van der Waals surface area (Å²) < 4.78 is 2.02. The molecule has 2 heterocycles. The summed E-state index contributed by atoms with van der Waals surface area (Å²) >= 11 is 0. The molecular weight excluding hydrogens is 296 g/mol. The Kier molecular flexibility index (Phi) is 4.10. The Labute approximate surface area is 132 Å². The third-order valence-electron chi connectivity index (χ3n) is 4.02. The number of amides is 1. The van der Waals surface area contributed by atoms with Crippen molar-refractivity contribution in [1.29, 1.82) is 0 Å². The van der Waals surface area contributed by atoms with Gasteiger partial charge in [0.15, 0.2) is 0 Å². The molecule has 0 atom stereocenters. The largest absolute Gasteiger partial charge is 0.351 e. The zero-order chi connectivity index (χ0) is 16.4. The standard InChI is InChI=1S/C16H18N4O3/c1-18-14(21)13(15(22)19-10-6-3-7-11-19)17-20(16(18)23)12-8-4-2-5-9-12/h2,4-5,8-9H,3,6-7,10-11H2,1H3. The number of hydrogen-bond acceptors (Lipinski definition) is 4.